The van der Waals surface area contributed by atoms with Crippen LogP contribution < -0.4 is 25.4 Å². The summed E-state index contributed by atoms with van der Waals surface area (Å²) in [5, 5.41) is 7.98. The molecule has 3 amide bonds. The van der Waals surface area contributed by atoms with Gasteiger partial charge in [-0.3, -0.25) is 14.4 Å². The molecule has 148 valence electrons. The van der Waals surface area contributed by atoms with Gasteiger partial charge in [0.05, 0.1) is 7.11 Å². The van der Waals surface area contributed by atoms with E-state index in [0.717, 1.165) is 0 Å². The van der Waals surface area contributed by atoms with Crippen LogP contribution in [0.2, 0.25) is 0 Å². The van der Waals surface area contributed by atoms with Crippen LogP contribution in [0.4, 0.5) is 5.69 Å². The molecule has 0 fully saturated rings. The first-order valence-corrected chi connectivity index (χ1v) is 8.67. The second-order valence-electron chi connectivity index (χ2n) is 5.83. The molecular weight excluding hydrogens is 362 g/mol. The first-order chi connectivity index (χ1) is 13.5. The van der Waals surface area contributed by atoms with Crippen molar-refractivity contribution in [3.63, 3.8) is 0 Å². The standard InChI is InChI=1S/C20H23N3O5/c1-14(24)21-10-11-22-20(26)15-6-8-16(9-7-15)23-19(25)13-28-18-5-3-4-17(12-18)27-2/h3-9,12H,10-11,13H2,1-2H3,(H,21,24)(H,22,26)(H,23,25). The maximum absolute atomic E-state index is 12.0. The number of carbonyl (C=O) groups is 3. The zero-order chi connectivity index (χ0) is 20.4. The fourth-order valence-electron chi connectivity index (χ4n) is 2.26. The number of amides is 3. The molecule has 0 bridgehead atoms. The van der Waals surface area contributed by atoms with Crippen LogP contribution in [0.3, 0.4) is 0 Å². The quantitative estimate of drug-likeness (QED) is 0.569. The van der Waals surface area contributed by atoms with Gasteiger partial charge in [0.2, 0.25) is 5.91 Å². The molecule has 2 aromatic rings. The van der Waals surface area contributed by atoms with Gasteiger partial charge in [0, 0.05) is 37.3 Å². The molecule has 0 aliphatic carbocycles. The van der Waals surface area contributed by atoms with Gasteiger partial charge in [0.15, 0.2) is 6.61 Å². The molecule has 2 aromatic carbocycles. The molecule has 0 aromatic heterocycles. The van der Waals surface area contributed by atoms with E-state index in [2.05, 4.69) is 16.0 Å². The molecule has 0 unspecified atom stereocenters. The lowest BCUT2D eigenvalue weighted by molar-refractivity contribution is -0.119. The molecule has 0 saturated carbocycles. The Labute approximate surface area is 163 Å². The van der Waals surface area contributed by atoms with Crippen LogP contribution in [-0.2, 0) is 9.59 Å². The topological polar surface area (TPSA) is 106 Å². The van der Waals surface area contributed by atoms with Crippen LogP contribution in [0.15, 0.2) is 48.5 Å². The summed E-state index contributed by atoms with van der Waals surface area (Å²) in [6.07, 6.45) is 0. The minimum atomic E-state index is -0.324. The van der Waals surface area contributed by atoms with E-state index < -0.39 is 0 Å². The Morgan fingerprint density at radius 2 is 1.61 bits per heavy atom. The predicted octanol–water partition coefficient (Wildman–Crippen LogP) is 1.58. The maximum atomic E-state index is 12.0. The highest BCUT2D eigenvalue weighted by Gasteiger charge is 2.07. The van der Waals surface area contributed by atoms with Crippen molar-refractivity contribution in [3.05, 3.63) is 54.1 Å². The molecule has 0 saturated heterocycles. The molecule has 28 heavy (non-hydrogen) atoms. The van der Waals surface area contributed by atoms with E-state index in [9.17, 15) is 14.4 Å². The van der Waals surface area contributed by atoms with E-state index >= 15 is 0 Å². The van der Waals surface area contributed by atoms with Gasteiger partial charge in [-0.1, -0.05) is 6.07 Å². The van der Waals surface area contributed by atoms with Gasteiger partial charge in [-0.15, -0.1) is 0 Å². The fraction of sp³-hybridized carbons (Fsp3) is 0.250. The Kier molecular flexibility index (Phi) is 7.83. The number of ether oxygens (including phenoxy) is 2. The van der Waals surface area contributed by atoms with E-state index in [0.29, 0.717) is 35.8 Å². The van der Waals surface area contributed by atoms with Crippen molar-refractivity contribution in [1.82, 2.24) is 10.6 Å². The second kappa shape index (κ2) is 10.6. The van der Waals surface area contributed by atoms with Crippen molar-refractivity contribution < 1.29 is 23.9 Å². The van der Waals surface area contributed by atoms with Crippen molar-refractivity contribution in [2.24, 2.45) is 0 Å². The van der Waals surface area contributed by atoms with E-state index in [4.69, 9.17) is 9.47 Å². The second-order valence-corrected chi connectivity index (χ2v) is 5.83. The van der Waals surface area contributed by atoms with Gasteiger partial charge in [-0.25, -0.2) is 0 Å². The fourth-order valence-corrected chi connectivity index (χ4v) is 2.26. The Bertz CT molecular complexity index is 821. The molecule has 0 aliphatic heterocycles. The van der Waals surface area contributed by atoms with Crippen LogP contribution in [-0.4, -0.2) is 44.5 Å². The van der Waals surface area contributed by atoms with Crippen LogP contribution in [0, 0.1) is 0 Å². The number of nitrogens with one attached hydrogen (secondary N) is 3. The monoisotopic (exact) mass is 385 g/mol. The zero-order valence-electron chi connectivity index (χ0n) is 15.8. The number of anilines is 1. The lowest BCUT2D eigenvalue weighted by Crippen LogP contribution is -2.33. The first-order valence-electron chi connectivity index (χ1n) is 8.67. The lowest BCUT2D eigenvalue weighted by Gasteiger charge is -2.09. The Morgan fingerprint density at radius 3 is 2.29 bits per heavy atom. The number of carbonyl (C=O) groups excluding carboxylic acids is 3. The number of hydrogen-bond donors (Lipinski definition) is 3. The molecule has 3 N–H and O–H groups in total. The van der Waals surface area contributed by atoms with Crippen molar-refractivity contribution in [2.75, 3.05) is 32.1 Å². The normalized spacial score (nSPS) is 9.93. The van der Waals surface area contributed by atoms with Crippen molar-refractivity contribution in [2.45, 2.75) is 6.92 Å². The SMILES string of the molecule is COc1cccc(OCC(=O)Nc2ccc(C(=O)NCCNC(C)=O)cc2)c1. The molecule has 0 aliphatic rings. The smallest absolute Gasteiger partial charge is 0.262 e. The van der Waals surface area contributed by atoms with Crippen molar-refractivity contribution in [3.8, 4) is 11.5 Å². The Morgan fingerprint density at radius 1 is 0.929 bits per heavy atom. The number of rotatable bonds is 9. The van der Waals surface area contributed by atoms with E-state index in [1.165, 1.54) is 6.92 Å². The maximum Gasteiger partial charge on any atom is 0.262 e. The van der Waals surface area contributed by atoms with Crippen LogP contribution >= 0.6 is 0 Å². The largest absolute Gasteiger partial charge is 0.497 e. The molecule has 0 radical (unpaired) electrons. The van der Waals surface area contributed by atoms with Gasteiger partial charge in [-0.05, 0) is 36.4 Å². The zero-order valence-corrected chi connectivity index (χ0v) is 15.8. The summed E-state index contributed by atoms with van der Waals surface area (Å²) in [6, 6.07) is 13.4. The van der Waals surface area contributed by atoms with Crippen molar-refractivity contribution in [1.29, 1.82) is 0 Å². The van der Waals surface area contributed by atoms with Crippen LogP contribution in [0.25, 0.3) is 0 Å². The van der Waals surface area contributed by atoms with Gasteiger partial charge in [-0.2, -0.15) is 0 Å². The summed E-state index contributed by atoms with van der Waals surface area (Å²) in [6.45, 7) is 1.95. The summed E-state index contributed by atoms with van der Waals surface area (Å²) >= 11 is 0. The molecule has 8 nitrogen and oxygen atoms in total. The minimum absolute atomic E-state index is 0.148. The minimum Gasteiger partial charge on any atom is -0.497 e. The average molecular weight is 385 g/mol. The molecule has 0 heterocycles. The third-order valence-electron chi connectivity index (χ3n) is 3.63. The molecular formula is C20H23N3O5. The number of methoxy groups -OCH3 is 1. The van der Waals surface area contributed by atoms with E-state index in [1.807, 2.05) is 0 Å². The first kappa shape index (κ1) is 20.8. The molecule has 0 atom stereocenters. The van der Waals surface area contributed by atoms with Gasteiger partial charge in [0.25, 0.3) is 11.8 Å². The van der Waals surface area contributed by atoms with Gasteiger partial charge in [0.1, 0.15) is 11.5 Å². The third-order valence-corrected chi connectivity index (χ3v) is 3.63. The summed E-state index contributed by atoms with van der Waals surface area (Å²) in [5.74, 6) is 0.439. The average Bonchev–Trinajstić information content (AvgIpc) is 2.70. The Balaban J connectivity index is 1.78. The van der Waals surface area contributed by atoms with Crippen LogP contribution in [0.1, 0.15) is 17.3 Å². The van der Waals surface area contributed by atoms with Crippen molar-refractivity contribution >= 4 is 23.4 Å². The summed E-state index contributed by atoms with van der Waals surface area (Å²) < 4.78 is 10.5. The van der Waals surface area contributed by atoms with Gasteiger partial charge >= 0.3 is 0 Å². The number of benzene rings is 2. The highest BCUT2D eigenvalue weighted by molar-refractivity contribution is 5.96. The predicted molar refractivity (Wildman–Crippen MR) is 105 cm³/mol. The highest BCUT2D eigenvalue weighted by Crippen LogP contribution is 2.18. The molecule has 2 rings (SSSR count). The number of hydrogen-bond acceptors (Lipinski definition) is 5. The van der Waals surface area contributed by atoms with E-state index in [1.54, 1.807) is 55.6 Å². The van der Waals surface area contributed by atoms with Gasteiger partial charge < -0.3 is 25.4 Å². The molecule has 8 heteroatoms. The third kappa shape index (κ3) is 6.99. The summed E-state index contributed by atoms with van der Waals surface area (Å²) in [7, 11) is 1.55. The molecule has 0 spiro atoms. The summed E-state index contributed by atoms with van der Waals surface area (Å²) in [4.78, 5) is 34.8. The highest BCUT2D eigenvalue weighted by atomic mass is 16.5. The van der Waals surface area contributed by atoms with E-state index in [-0.39, 0.29) is 24.3 Å². The lowest BCUT2D eigenvalue weighted by atomic mass is 10.2. The Hall–Kier alpha value is -3.55. The summed E-state index contributed by atoms with van der Waals surface area (Å²) in [5.41, 5.74) is 1.00. The van der Waals surface area contributed by atoms with Crippen LogP contribution in [0.5, 0.6) is 11.5 Å².